The number of fused-ring (bicyclic) bond motifs is 4. The molecule has 96 heavy (non-hydrogen) atoms. The quantitative estimate of drug-likeness (QED) is 0.115. The number of hydrogen-bond donors (Lipinski definition) is 3. The van der Waals surface area contributed by atoms with Gasteiger partial charge in [0.15, 0.2) is 0 Å². The minimum atomic E-state index is -4.65. The van der Waals surface area contributed by atoms with Gasteiger partial charge in [0.1, 0.15) is 6.10 Å². The molecule has 5 aromatic rings. The number of piperidine rings is 1. The maximum absolute atomic E-state index is 13.6. The third kappa shape index (κ3) is 15.4. The first-order valence-electron chi connectivity index (χ1n) is 31.7. The monoisotopic (exact) mass is 1370 g/mol. The molecule has 4 aromatic carbocycles. The number of aliphatic hydroxyl groups is 2. The van der Waals surface area contributed by atoms with Gasteiger partial charge in [-0.05, 0) is 188 Å². The van der Waals surface area contributed by atoms with E-state index in [1.54, 1.807) is 65.9 Å². The number of likely N-dealkylation sites (tertiary alicyclic amines) is 2. The summed E-state index contributed by atoms with van der Waals surface area (Å²) in [5.41, 5.74) is -0.962. The van der Waals surface area contributed by atoms with E-state index in [4.69, 9.17) is 0 Å². The SMILES string of the molecule is CC(C)N1Cc2c(cc(-n3cccn3)cc2C(F)(F)F)C1=O.CC(C)N1Cc2c(cc(C3CCCNC3)cc2C(F)(F)F)C1=O.CC(C)N1Cc2c(cc(CN3CC(O)C(F)(F)C3)cc2C(F)(F)F)C1=O.CC(c1cc2c(c(C(F)(F)F)c1)CN(C(C)C)C2=O)N1CCC(O)C1. The van der Waals surface area contributed by atoms with Crippen molar-refractivity contribution in [2.75, 3.05) is 39.3 Å². The first-order chi connectivity index (χ1) is 44.6. The number of benzene rings is 4. The number of aliphatic hydroxyl groups excluding tert-OH is 2. The van der Waals surface area contributed by atoms with Crippen LogP contribution < -0.4 is 5.32 Å². The molecule has 4 amide bonds. The molecule has 29 heteroatoms. The topological polar surface area (TPSA) is 158 Å². The van der Waals surface area contributed by atoms with Crippen LogP contribution in [-0.4, -0.2) is 155 Å². The average Bonchev–Trinajstić information content (AvgIpc) is 1.60. The Morgan fingerprint density at radius 1 is 0.562 bits per heavy atom. The third-order valence-corrected chi connectivity index (χ3v) is 18.6. The van der Waals surface area contributed by atoms with Crippen molar-refractivity contribution in [3.05, 3.63) is 150 Å². The molecule has 3 N–H and O–H groups in total. The highest BCUT2D eigenvalue weighted by Crippen LogP contribution is 2.45. The van der Waals surface area contributed by atoms with Gasteiger partial charge in [0.2, 0.25) is 0 Å². The Hall–Kier alpha value is -7.21. The summed E-state index contributed by atoms with van der Waals surface area (Å²) < 4.78 is 190. The predicted molar refractivity (Wildman–Crippen MR) is 325 cm³/mol. The van der Waals surface area contributed by atoms with Crippen LogP contribution in [0.3, 0.4) is 0 Å². The Morgan fingerprint density at radius 3 is 1.42 bits per heavy atom. The molecule has 7 aliphatic heterocycles. The molecule has 4 unspecified atom stereocenters. The van der Waals surface area contributed by atoms with Crippen molar-refractivity contribution in [2.45, 2.75) is 193 Å². The number of hydrogen-bond acceptors (Lipinski definition) is 10. The lowest BCUT2D eigenvalue weighted by atomic mass is 9.87. The molecular formula is C67H77F14N9O6. The smallest absolute Gasteiger partial charge is 0.392 e. The number of carbonyl (C=O) groups excluding carboxylic acids is 4. The molecule has 3 saturated heterocycles. The summed E-state index contributed by atoms with van der Waals surface area (Å²) in [4.78, 5) is 58.8. The average molecular weight is 1370 g/mol. The van der Waals surface area contributed by atoms with Crippen molar-refractivity contribution in [2.24, 2.45) is 0 Å². The number of β-amino-alcohol motifs (C(OH)–C–C–N with tert-alkyl or cyclic N) is 2. The Morgan fingerprint density at radius 2 is 1.01 bits per heavy atom. The number of halogens is 14. The van der Waals surface area contributed by atoms with Gasteiger partial charge in [-0.15, -0.1) is 0 Å². The second-order valence-corrected chi connectivity index (χ2v) is 26.5. The molecule has 0 radical (unpaired) electrons. The van der Waals surface area contributed by atoms with Gasteiger partial charge in [0.25, 0.3) is 29.6 Å². The highest BCUT2D eigenvalue weighted by Gasteiger charge is 2.49. The summed E-state index contributed by atoms with van der Waals surface area (Å²) in [5, 5.41) is 26.2. The minimum Gasteiger partial charge on any atom is -0.392 e. The van der Waals surface area contributed by atoms with E-state index in [1.165, 1.54) is 59.6 Å². The number of rotatable bonds is 10. The summed E-state index contributed by atoms with van der Waals surface area (Å²) in [6.45, 7) is 17.3. The van der Waals surface area contributed by atoms with E-state index < -0.39 is 77.5 Å². The van der Waals surface area contributed by atoms with E-state index in [2.05, 4.69) is 10.4 Å². The van der Waals surface area contributed by atoms with Crippen LogP contribution in [-0.2, 0) is 57.4 Å². The molecule has 0 aliphatic carbocycles. The second-order valence-electron chi connectivity index (χ2n) is 26.5. The zero-order valence-electron chi connectivity index (χ0n) is 54.3. The number of nitrogens with one attached hydrogen (secondary N) is 1. The van der Waals surface area contributed by atoms with Crippen LogP contribution in [0.4, 0.5) is 61.5 Å². The van der Waals surface area contributed by atoms with Gasteiger partial charge in [0.05, 0.1) is 40.6 Å². The molecule has 4 atom stereocenters. The van der Waals surface area contributed by atoms with Gasteiger partial charge in [-0.1, -0.05) is 0 Å². The largest absolute Gasteiger partial charge is 0.416 e. The van der Waals surface area contributed by atoms with E-state index in [0.717, 1.165) is 31.5 Å². The fraction of sp³-hybridized carbons (Fsp3) is 0.537. The van der Waals surface area contributed by atoms with Gasteiger partial charge in [-0.3, -0.25) is 29.0 Å². The standard InChI is InChI=1S/C18H23F3N2O2.C17H19F5N2O2.C17H21F3N2O.C15H14F3N3O/c1-10(2)23-9-15-14(17(23)25)6-12(7-16(15)18(19,20)21)11(3)22-5-4-13(24)8-22;1-9(2)24-6-12-11(15(24)26)3-10(4-13(12)17(20,21)22)5-23-7-14(25)16(18,19)8-23;1-10(2)22-9-14-13(16(22)23)6-12(7-15(14)17(18,19)20)11-4-3-5-21-8-11;1-9(2)20-8-12-11(14(20)22)6-10(21-5-3-4-19-21)7-13(12)15(16,17)18/h6-7,10-11,13,24H,4-5,8-9H2,1-3H3;3-4,9,14,25H,5-8H2,1-2H3;6-7,10-11,21H,3-5,8-9H2,1-2H3;3-7,9H,8H2,1-2H3. The van der Waals surface area contributed by atoms with Crippen LogP contribution >= 0.6 is 0 Å². The molecule has 8 heterocycles. The third-order valence-electron chi connectivity index (χ3n) is 18.6. The lowest BCUT2D eigenvalue weighted by molar-refractivity contribution is -0.139. The number of amides is 4. The number of alkyl halides is 14. The van der Waals surface area contributed by atoms with Crippen molar-refractivity contribution < 1.29 is 90.9 Å². The van der Waals surface area contributed by atoms with E-state index in [-0.39, 0.29) is 149 Å². The van der Waals surface area contributed by atoms with Gasteiger partial charge in [-0.2, -0.15) is 57.8 Å². The van der Waals surface area contributed by atoms with E-state index in [1.807, 2.05) is 25.7 Å². The van der Waals surface area contributed by atoms with Crippen molar-refractivity contribution in [1.29, 1.82) is 0 Å². The van der Waals surface area contributed by atoms with E-state index >= 15 is 0 Å². The van der Waals surface area contributed by atoms with Gasteiger partial charge < -0.3 is 35.1 Å². The summed E-state index contributed by atoms with van der Waals surface area (Å²) in [6.07, 6.45) is -15.0. The van der Waals surface area contributed by atoms with Crippen molar-refractivity contribution in [1.82, 2.24) is 44.5 Å². The van der Waals surface area contributed by atoms with E-state index in [9.17, 15) is 90.9 Å². The maximum Gasteiger partial charge on any atom is 0.416 e. The summed E-state index contributed by atoms with van der Waals surface area (Å²) in [6, 6.07) is 11.1. The van der Waals surface area contributed by atoms with Crippen LogP contribution in [0.25, 0.3) is 5.69 Å². The zero-order valence-corrected chi connectivity index (χ0v) is 54.3. The Bertz CT molecular complexity index is 3710. The normalized spacial score (nSPS) is 20.9. The molecule has 0 bridgehead atoms. The molecule has 12 rings (SSSR count). The molecule has 7 aliphatic rings. The van der Waals surface area contributed by atoms with E-state index in [0.29, 0.717) is 37.2 Å². The second kappa shape index (κ2) is 27.6. The van der Waals surface area contributed by atoms with Crippen LogP contribution in [0.15, 0.2) is 67.0 Å². The first-order valence-corrected chi connectivity index (χ1v) is 31.7. The Labute approximate surface area is 546 Å². The van der Waals surface area contributed by atoms with Crippen LogP contribution in [0.1, 0.15) is 196 Å². The molecule has 0 saturated carbocycles. The first kappa shape index (κ1) is 73.0. The number of nitrogens with zero attached hydrogens (tertiary/aromatic N) is 8. The van der Waals surface area contributed by atoms with Crippen molar-refractivity contribution in [3.63, 3.8) is 0 Å². The molecule has 1 aromatic heterocycles. The Balaban J connectivity index is 0.000000150. The van der Waals surface area contributed by atoms with Gasteiger partial charge in [-0.25, -0.2) is 13.5 Å². The lowest BCUT2D eigenvalue weighted by Crippen LogP contribution is -2.31. The molecule has 15 nitrogen and oxygen atoms in total. The van der Waals surface area contributed by atoms with Crippen molar-refractivity contribution in [3.8, 4) is 5.69 Å². The highest BCUT2D eigenvalue weighted by atomic mass is 19.4. The fourth-order valence-corrected chi connectivity index (χ4v) is 13.3. The molecule has 3 fully saturated rings. The maximum atomic E-state index is 13.6. The zero-order chi connectivity index (χ0) is 70.8. The number of carbonyl (C=O) groups is 4. The van der Waals surface area contributed by atoms with Crippen LogP contribution in [0.2, 0.25) is 0 Å². The lowest BCUT2D eigenvalue weighted by Gasteiger charge is -2.25. The number of aromatic nitrogens is 2. The predicted octanol–water partition coefficient (Wildman–Crippen LogP) is 12.9. The fourth-order valence-electron chi connectivity index (χ4n) is 13.3. The van der Waals surface area contributed by atoms with Gasteiger partial charge >= 0.3 is 24.7 Å². The molecular weight excluding hydrogens is 1290 g/mol. The minimum absolute atomic E-state index is 0.00222. The van der Waals surface area contributed by atoms with Crippen LogP contribution in [0.5, 0.6) is 0 Å². The molecule has 524 valence electrons. The highest BCUT2D eigenvalue weighted by molar-refractivity contribution is 6.01. The summed E-state index contributed by atoms with van der Waals surface area (Å²) in [7, 11) is 0. The van der Waals surface area contributed by atoms with Gasteiger partial charge in [0, 0.05) is 124 Å². The van der Waals surface area contributed by atoms with Crippen molar-refractivity contribution >= 4 is 23.6 Å². The summed E-state index contributed by atoms with van der Waals surface area (Å²) >= 11 is 0. The van der Waals surface area contributed by atoms with Crippen LogP contribution in [0, 0.1) is 0 Å². The Kier molecular flexibility index (Phi) is 21.0. The molecule has 0 spiro atoms. The summed E-state index contributed by atoms with van der Waals surface area (Å²) in [5.74, 6) is -4.75.